The molecule has 2 rings (SSSR count). The Labute approximate surface area is 142 Å². The molecule has 0 aliphatic carbocycles. The first kappa shape index (κ1) is 17.7. The van der Waals surface area contributed by atoms with Crippen LogP contribution in [0.4, 0.5) is 13.2 Å². The van der Waals surface area contributed by atoms with Crippen LogP contribution >= 0.6 is 27.3 Å². The number of hydrogen-bond donors (Lipinski definition) is 1. The molecule has 0 aliphatic rings. The second-order valence-electron chi connectivity index (χ2n) is 4.49. The van der Waals surface area contributed by atoms with Crippen LogP contribution in [0.3, 0.4) is 0 Å². The highest BCUT2D eigenvalue weighted by atomic mass is 79.9. The number of thiophene rings is 1. The van der Waals surface area contributed by atoms with Gasteiger partial charge in [0.05, 0.1) is 11.1 Å². The van der Waals surface area contributed by atoms with Gasteiger partial charge in [-0.15, -0.1) is 11.3 Å². The van der Waals surface area contributed by atoms with Crippen LogP contribution in [-0.4, -0.2) is 28.1 Å². The van der Waals surface area contributed by atoms with E-state index in [0.717, 1.165) is 20.5 Å². The van der Waals surface area contributed by atoms with Gasteiger partial charge < -0.3 is 0 Å². The van der Waals surface area contributed by atoms with E-state index in [0.29, 0.717) is 4.88 Å². The van der Waals surface area contributed by atoms with E-state index in [1.165, 1.54) is 29.8 Å². The van der Waals surface area contributed by atoms with E-state index in [1.54, 1.807) is 6.07 Å². The monoisotopic (exact) mass is 408 g/mol. The number of nitrogens with zero attached hydrogens (tertiary/aromatic N) is 3. The Hall–Kier alpha value is -1.68. The number of hydrogen-bond acceptors (Lipinski definition) is 4. The number of alkyl halides is 3. The lowest BCUT2D eigenvalue weighted by atomic mass is 10.3. The van der Waals surface area contributed by atoms with Gasteiger partial charge in [-0.3, -0.25) is 9.48 Å². The third kappa shape index (κ3) is 5.17. The molecular formula is C13H12BrF3N4OS. The number of carbonyl (C=O) groups excluding carboxylic acids is 1. The molecule has 0 atom stereocenters. The first-order valence-corrected chi connectivity index (χ1v) is 8.11. The maximum atomic E-state index is 12.2. The minimum atomic E-state index is -4.34. The Morgan fingerprint density at radius 3 is 2.91 bits per heavy atom. The number of hydrazone groups is 1. The largest absolute Gasteiger partial charge is 0.408 e. The first-order valence-electron chi connectivity index (χ1n) is 6.50. The summed E-state index contributed by atoms with van der Waals surface area (Å²) >= 11 is 4.71. The van der Waals surface area contributed by atoms with E-state index in [9.17, 15) is 18.0 Å². The third-order valence-corrected chi connectivity index (χ3v) is 4.92. The Bertz CT molecular complexity index is 723. The minimum absolute atomic E-state index is 0.219. The Morgan fingerprint density at radius 1 is 1.57 bits per heavy atom. The van der Waals surface area contributed by atoms with E-state index in [2.05, 4.69) is 31.6 Å². The highest BCUT2D eigenvalue weighted by Gasteiger charge is 2.28. The highest BCUT2D eigenvalue weighted by Crippen LogP contribution is 2.27. The molecular weight excluding hydrogens is 397 g/mol. The van der Waals surface area contributed by atoms with Crippen molar-refractivity contribution in [1.82, 2.24) is 15.2 Å². The van der Waals surface area contributed by atoms with Gasteiger partial charge in [0.2, 0.25) is 0 Å². The number of carbonyl (C=O) groups is 1. The van der Waals surface area contributed by atoms with Crippen LogP contribution in [0.2, 0.25) is 0 Å². The number of aryl methyl sites for hydroxylation is 1. The molecule has 5 nitrogen and oxygen atoms in total. The van der Waals surface area contributed by atoms with Gasteiger partial charge in [0.15, 0.2) is 0 Å². The summed E-state index contributed by atoms with van der Waals surface area (Å²) in [6.07, 6.45) is -1.15. The van der Waals surface area contributed by atoms with Crippen LogP contribution in [0.15, 0.2) is 27.9 Å². The Morgan fingerprint density at radius 2 is 2.30 bits per heavy atom. The van der Waals surface area contributed by atoms with E-state index < -0.39 is 12.7 Å². The van der Waals surface area contributed by atoms with Crippen molar-refractivity contribution in [2.75, 3.05) is 0 Å². The normalized spacial score (nSPS) is 12.0. The van der Waals surface area contributed by atoms with Gasteiger partial charge in [-0.2, -0.15) is 23.4 Å². The first-order chi connectivity index (χ1) is 10.8. The maximum Gasteiger partial charge on any atom is 0.408 e. The fourth-order valence-corrected chi connectivity index (χ4v) is 3.47. The zero-order valence-electron chi connectivity index (χ0n) is 11.9. The zero-order valence-corrected chi connectivity index (χ0v) is 14.3. The lowest BCUT2D eigenvalue weighted by molar-refractivity contribution is -0.142. The van der Waals surface area contributed by atoms with Crippen LogP contribution in [0.5, 0.6) is 0 Å². The van der Waals surface area contributed by atoms with Gasteiger partial charge in [-0.05, 0) is 34.5 Å². The smallest absolute Gasteiger partial charge is 0.266 e. The van der Waals surface area contributed by atoms with Gasteiger partial charge in [0, 0.05) is 15.5 Å². The molecule has 23 heavy (non-hydrogen) atoms. The number of halogens is 4. The average molecular weight is 409 g/mol. The Balaban J connectivity index is 1.94. The summed E-state index contributed by atoms with van der Waals surface area (Å²) in [5.74, 6) is -0.388. The van der Waals surface area contributed by atoms with Crippen LogP contribution in [0.25, 0.3) is 0 Å². The van der Waals surface area contributed by atoms with E-state index in [-0.39, 0.29) is 11.6 Å². The molecule has 0 saturated heterocycles. The summed E-state index contributed by atoms with van der Waals surface area (Å²) < 4.78 is 38.2. The van der Waals surface area contributed by atoms with Gasteiger partial charge in [-0.1, -0.05) is 6.92 Å². The minimum Gasteiger partial charge on any atom is -0.266 e. The predicted octanol–water partition coefficient (Wildman–Crippen LogP) is 3.60. The van der Waals surface area contributed by atoms with Crippen molar-refractivity contribution in [3.63, 3.8) is 0 Å². The summed E-state index contributed by atoms with van der Waals surface area (Å²) in [6, 6.07) is 3.07. The molecule has 0 unspecified atom stereocenters. The van der Waals surface area contributed by atoms with Crippen molar-refractivity contribution in [3.05, 3.63) is 38.3 Å². The number of amides is 1. The fourth-order valence-electron chi connectivity index (χ4n) is 1.69. The van der Waals surface area contributed by atoms with Crippen molar-refractivity contribution in [2.24, 2.45) is 5.10 Å². The van der Waals surface area contributed by atoms with Crippen molar-refractivity contribution < 1.29 is 18.0 Å². The van der Waals surface area contributed by atoms with Crippen LogP contribution in [0.1, 0.15) is 27.2 Å². The fraction of sp³-hybridized carbons (Fsp3) is 0.308. The third-order valence-electron chi connectivity index (χ3n) is 2.67. The zero-order chi connectivity index (χ0) is 17.0. The second kappa shape index (κ2) is 7.26. The maximum absolute atomic E-state index is 12.2. The molecule has 2 aromatic rings. The van der Waals surface area contributed by atoms with Crippen molar-refractivity contribution >= 4 is 39.4 Å². The highest BCUT2D eigenvalue weighted by molar-refractivity contribution is 9.10. The predicted molar refractivity (Wildman–Crippen MR) is 84.7 cm³/mol. The molecule has 0 aromatic carbocycles. The summed E-state index contributed by atoms with van der Waals surface area (Å²) in [5.41, 5.74) is 2.54. The molecule has 10 heteroatoms. The summed E-state index contributed by atoms with van der Waals surface area (Å²) in [5, 5.41) is 7.39. The SMILES string of the molecule is CCc1sc(C(=O)N/N=C/c2ccn(CC(F)(F)F)n2)cc1Br. The quantitative estimate of drug-likeness (QED) is 0.606. The topological polar surface area (TPSA) is 59.3 Å². The molecule has 124 valence electrons. The van der Waals surface area contributed by atoms with Gasteiger partial charge in [0.1, 0.15) is 12.2 Å². The molecule has 1 amide bonds. The summed E-state index contributed by atoms with van der Waals surface area (Å²) in [4.78, 5) is 13.4. The van der Waals surface area contributed by atoms with Crippen molar-refractivity contribution in [2.45, 2.75) is 26.1 Å². The van der Waals surface area contributed by atoms with E-state index in [1.807, 2.05) is 6.92 Å². The molecule has 0 radical (unpaired) electrons. The molecule has 0 saturated carbocycles. The molecule has 0 fully saturated rings. The lowest BCUT2D eigenvalue weighted by Crippen LogP contribution is -2.18. The average Bonchev–Trinajstić information content (AvgIpc) is 3.03. The second-order valence-corrected chi connectivity index (χ2v) is 6.48. The number of nitrogens with one attached hydrogen (secondary N) is 1. The molecule has 0 bridgehead atoms. The van der Waals surface area contributed by atoms with Gasteiger partial charge >= 0.3 is 6.18 Å². The van der Waals surface area contributed by atoms with Crippen LogP contribution < -0.4 is 5.43 Å². The standard InChI is InChI=1S/C13H12BrF3N4OS/c1-2-10-9(14)5-11(23-10)12(22)19-18-6-8-3-4-21(20-8)7-13(15,16)17/h3-6H,2,7H2,1H3,(H,19,22)/b18-6+. The number of aromatic nitrogens is 2. The molecule has 0 spiro atoms. The van der Waals surface area contributed by atoms with E-state index in [4.69, 9.17) is 0 Å². The molecule has 2 aromatic heterocycles. The van der Waals surface area contributed by atoms with Crippen molar-refractivity contribution in [3.8, 4) is 0 Å². The van der Waals surface area contributed by atoms with Crippen molar-refractivity contribution in [1.29, 1.82) is 0 Å². The van der Waals surface area contributed by atoms with Crippen LogP contribution in [0, 0.1) is 0 Å². The lowest BCUT2D eigenvalue weighted by Gasteiger charge is -2.04. The van der Waals surface area contributed by atoms with Gasteiger partial charge in [-0.25, -0.2) is 5.43 Å². The summed E-state index contributed by atoms with van der Waals surface area (Å²) in [7, 11) is 0. The number of rotatable bonds is 5. The Kier molecular flexibility index (Phi) is 5.58. The summed E-state index contributed by atoms with van der Waals surface area (Å²) in [6.45, 7) is 0.809. The molecule has 1 N–H and O–H groups in total. The molecule has 2 heterocycles. The molecule has 0 aliphatic heterocycles. The van der Waals surface area contributed by atoms with Crippen LogP contribution in [-0.2, 0) is 13.0 Å². The van der Waals surface area contributed by atoms with E-state index >= 15 is 0 Å². The van der Waals surface area contributed by atoms with Gasteiger partial charge in [0.25, 0.3) is 5.91 Å².